The van der Waals surface area contributed by atoms with E-state index in [-0.39, 0.29) is 0 Å². The van der Waals surface area contributed by atoms with Crippen LogP contribution in [0.15, 0.2) is 24.5 Å². The van der Waals surface area contributed by atoms with Crippen LogP contribution in [0.3, 0.4) is 0 Å². The Morgan fingerprint density at radius 3 is 3.08 bits per heavy atom. The topological polar surface area (TPSA) is 41.1 Å². The van der Waals surface area contributed by atoms with E-state index in [1.165, 1.54) is 0 Å². The van der Waals surface area contributed by atoms with E-state index >= 15 is 0 Å². The van der Waals surface area contributed by atoms with Gasteiger partial charge in [-0.25, -0.2) is 4.98 Å². The van der Waals surface area contributed by atoms with Crippen LogP contribution in [0.4, 0.5) is 0 Å². The average Bonchev–Trinajstić information content (AvgIpc) is 2.53. The van der Waals surface area contributed by atoms with E-state index in [1.54, 1.807) is 12.3 Å². The summed E-state index contributed by atoms with van der Waals surface area (Å²) in [5.41, 5.74) is 2.51. The number of hydrogen-bond donors (Lipinski definition) is 0. The zero-order valence-electron chi connectivity index (χ0n) is 6.65. The molecule has 0 fully saturated rings. The molecule has 0 radical (unpaired) electrons. The number of aromatic nitrogens is 2. The molecule has 0 aliphatic heterocycles. The molecule has 0 aliphatic carbocycles. The second-order valence-electron chi connectivity index (χ2n) is 2.60. The van der Waals surface area contributed by atoms with Crippen LogP contribution in [0, 0.1) is 18.3 Å². The van der Waals surface area contributed by atoms with E-state index in [2.05, 4.69) is 11.1 Å². The number of imidazole rings is 1. The highest BCUT2D eigenvalue weighted by Crippen LogP contribution is 2.09. The molecule has 0 saturated heterocycles. The maximum atomic E-state index is 8.73. The maximum absolute atomic E-state index is 8.73. The number of nitriles is 1. The number of aryl methyl sites for hydroxylation is 1. The van der Waals surface area contributed by atoms with E-state index < -0.39 is 0 Å². The molecule has 3 heteroatoms. The molecule has 0 aromatic carbocycles. The van der Waals surface area contributed by atoms with E-state index in [4.69, 9.17) is 5.26 Å². The molecule has 3 nitrogen and oxygen atoms in total. The van der Waals surface area contributed by atoms with E-state index in [0.717, 1.165) is 11.3 Å². The third-order valence-electron chi connectivity index (χ3n) is 1.94. The maximum Gasteiger partial charge on any atom is 0.136 e. The lowest BCUT2D eigenvalue weighted by Crippen LogP contribution is -1.92. The third-order valence-corrected chi connectivity index (χ3v) is 1.94. The molecule has 0 unspecified atom stereocenters. The number of hydrogen-bond acceptors (Lipinski definition) is 2. The van der Waals surface area contributed by atoms with Crippen molar-refractivity contribution < 1.29 is 0 Å². The minimum absolute atomic E-state index is 0.695. The minimum atomic E-state index is 0.695. The summed E-state index contributed by atoms with van der Waals surface area (Å²) in [6, 6.07) is 5.76. The molecule has 2 heterocycles. The van der Waals surface area contributed by atoms with Crippen LogP contribution in [0.1, 0.15) is 11.3 Å². The van der Waals surface area contributed by atoms with Gasteiger partial charge in [0.05, 0.1) is 5.56 Å². The van der Waals surface area contributed by atoms with Gasteiger partial charge in [-0.2, -0.15) is 5.26 Å². The molecule has 0 saturated carbocycles. The molecule has 0 atom stereocenters. The van der Waals surface area contributed by atoms with Gasteiger partial charge in [-0.1, -0.05) is 0 Å². The van der Waals surface area contributed by atoms with Gasteiger partial charge >= 0.3 is 0 Å². The minimum Gasteiger partial charge on any atom is -0.303 e. The monoisotopic (exact) mass is 157 g/mol. The molecule has 2 aromatic rings. The standard InChI is InChI=1S/C9H7N3/c1-7-8(6-10)2-3-9-11-4-5-12(7)9/h2-5H,1H3. The van der Waals surface area contributed by atoms with E-state index in [0.29, 0.717) is 5.56 Å². The highest BCUT2D eigenvalue weighted by Gasteiger charge is 2.01. The fraction of sp³-hybridized carbons (Fsp3) is 0.111. The molecular weight excluding hydrogens is 150 g/mol. The predicted molar refractivity (Wildman–Crippen MR) is 44.6 cm³/mol. The molecule has 0 spiro atoms. The Kier molecular flexibility index (Phi) is 1.34. The first kappa shape index (κ1) is 6.86. The lowest BCUT2D eigenvalue weighted by molar-refractivity contribution is 1.08. The van der Waals surface area contributed by atoms with Gasteiger partial charge in [0.1, 0.15) is 11.7 Å². The van der Waals surface area contributed by atoms with Crippen molar-refractivity contribution >= 4 is 5.65 Å². The Bertz CT molecular complexity index is 462. The Labute approximate surface area is 69.9 Å². The van der Waals surface area contributed by atoms with Gasteiger partial charge in [-0.05, 0) is 19.1 Å². The van der Waals surface area contributed by atoms with Crippen molar-refractivity contribution in [2.45, 2.75) is 6.92 Å². The number of fused-ring (bicyclic) bond motifs is 1. The van der Waals surface area contributed by atoms with Crippen molar-refractivity contribution in [2.24, 2.45) is 0 Å². The van der Waals surface area contributed by atoms with Crippen molar-refractivity contribution in [1.29, 1.82) is 5.26 Å². The lowest BCUT2D eigenvalue weighted by atomic mass is 10.2. The zero-order valence-corrected chi connectivity index (χ0v) is 6.65. The first-order chi connectivity index (χ1) is 5.83. The summed E-state index contributed by atoms with van der Waals surface area (Å²) in [5.74, 6) is 0. The van der Waals surface area contributed by atoms with Gasteiger partial charge < -0.3 is 4.40 Å². The molecular formula is C9H7N3. The molecule has 2 rings (SSSR count). The Morgan fingerprint density at radius 1 is 1.50 bits per heavy atom. The lowest BCUT2D eigenvalue weighted by Gasteiger charge is -1.99. The van der Waals surface area contributed by atoms with Crippen molar-refractivity contribution in [2.75, 3.05) is 0 Å². The second-order valence-corrected chi connectivity index (χ2v) is 2.60. The summed E-state index contributed by atoms with van der Waals surface area (Å²) >= 11 is 0. The quantitative estimate of drug-likeness (QED) is 0.581. The molecule has 12 heavy (non-hydrogen) atoms. The SMILES string of the molecule is Cc1c(C#N)ccc2nccn12. The Balaban J connectivity index is 2.89. The summed E-state index contributed by atoms with van der Waals surface area (Å²) in [4.78, 5) is 4.11. The van der Waals surface area contributed by atoms with Crippen LogP contribution in [-0.2, 0) is 0 Å². The van der Waals surface area contributed by atoms with Crippen LogP contribution < -0.4 is 0 Å². The normalized spacial score (nSPS) is 10.0. The van der Waals surface area contributed by atoms with Gasteiger partial charge in [0.25, 0.3) is 0 Å². The largest absolute Gasteiger partial charge is 0.303 e. The van der Waals surface area contributed by atoms with Gasteiger partial charge in [0, 0.05) is 18.1 Å². The molecule has 0 aliphatic rings. The number of nitrogens with zero attached hydrogens (tertiary/aromatic N) is 3. The molecule has 0 N–H and O–H groups in total. The molecule has 58 valence electrons. The molecule has 2 aromatic heterocycles. The van der Waals surface area contributed by atoms with E-state index in [9.17, 15) is 0 Å². The van der Waals surface area contributed by atoms with Crippen molar-refractivity contribution in [3.63, 3.8) is 0 Å². The highest BCUT2D eigenvalue weighted by molar-refractivity contribution is 5.46. The summed E-state index contributed by atoms with van der Waals surface area (Å²) in [7, 11) is 0. The first-order valence-corrected chi connectivity index (χ1v) is 3.65. The van der Waals surface area contributed by atoms with Crippen LogP contribution in [0.2, 0.25) is 0 Å². The highest BCUT2D eigenvalue weighted by atomic mass is 15.0. The number of pyridine rings is 1. The average molecular weight is 157 g/mol. The summed E-state index contributed by atoms with van der Waals surface area (Å²) in [6.07, 6.45) is 3.58. The number of rotatable bonds is 0. The van der Waals surface area contributed by atoms with Gasteiger partial charge in [-0.15, -0.1) is 0 Å². The van der Waals surface area contributed by atoms with Crippen molar-refractivity contribution in [3.8, 4) is 6.07 Å². The predicted octanol–water partition coefficient (Wildman–Crippen LogP) is 1.51. The van der Waals surface area contributed by atoms with Gasteiger partial charge in [0.15, 0.2) is 0 Å². The first-order valence-electron chi connectivity index (χ1n) is 3.65. The van der Waals surface area contributed by atoms with Crippen LogP contribution in [-0.4, -0.2) is 9.38 Å². The van der Waals surface area contributed by atoms with Gasteiger partial charge in [-0.3, -0.25) is 0 Å². The smallest absolute Gasteiger partial charge is 0.136 e. The second kappa shape index (κ2) is 2.35. The van der Waals surface area contributed by atoms with Crippen molar-refractivity contribution in [1.82, 2.24) is 9.38 Å². The van der Waals surface area contributed by atoms with Gasteiger partial charge in [0.2, 0.25) is 0 Å². The van der Waals surface area contributed by atoms with Crippen LogP contribution in [0.5, 0.6) is 0 Å². The summed E-state index contributed by atoms with van der Waals surface area (Å²) in [5, 5.41) is 8.73. The Hall–Kier alpha value is -1.82. The fourth-order valence-electron chi connectivity index (χ4n) is 1.25. The van der Waals surface area contributed by atoms with E-state index in [1.807, 2.05) is 23.6 Å². The zero-order chi connectivity index (χ0) is 8.55. The molecule has 0 amide bonds. The van der Waals surface area contributed by atoms with Crippen molar-refractivity contribution in [3.05, 3.63) is 35.8 Å². The third kappa shape index (κ3) is 0.785. The molecule has 0 bridgehead atoms. The Morgan fingerprint density at radius 2 is 2.33 bits per heavy atom. The summed E-state index contributed by atoms with van der Waals surface area (Å²) in [6.45, 7) is 1.91. The fourth-order valence-corrected chi connectivity index (χ4v) is 1.25. The van der Waals surface area contributed by atoms with Crippen LogP contribution >= 0.6 is 0 Å². The summed E-state index contributed by atoms with van der Waals surface area (Å²) < 4.78 is 1.90. The van der Waals surface area contributed by atoms with Crippen LogP contribution in [0.25, 0.3) is 5.65 Å².